The Kier molecular flexibility index (Phi) is 3.98. The van der Waals surface area contributed by atoms with Crippen LogP contribution < -0.4 is 0 Å². The summed E-state index contributed by atoms with van der Waals surface area (Å²) in [5.74, 6) is 0.300. The minimum atomic E-state index is -0.289. The summed E-state index contributed by atoms with van der Waals surface area (Å²) in [5, 5.41) is 0.924. The van der Waals surface area contributed by atoms with E-state index in [4.69, 9.17) is 9.15 Å². The van der Waals surface area contributed by atoms with Crippen molar-refractivity contribution in [1.82, 2.24) is 9.80 Å². The molecular formula is C18H20N2O4. The van der Waals surface area contributed by atoms with Crippen LogP contribution in [0.15, 0.2) is 34.7 Å². The third kappa shape index (κ3) is 2.78. The molecular weight excluding hydrogens is 308 g/mol. The summed E-state index contributed by atoms with van der Waals surface area (Å²) in [5.41, 5.74) is 0.716. The van der Waals surface area contributed by atoms with E-state index in [-0.39, 0.29) is 17.9 Å². The summed E-state index contributed by atoms with van der Waals surface area (Å²) < 4.78 is 11.1. The first-order chi connectivity index (χ1) is 11.7. The molecule has 2 amide bonds. The van der Waals surface area contributed by atoms with E-state index in [9.17, 15) is 9.59 Å². The number of benzene rings is 1. The number of amides is 2. The van der Waals surface area contributed by atoms with Crippen LogP contribution >= 0.6 is 0 Å². The molecule has 2 aliphatic heterocycles. The number of rotatable bonds is 2. The van der Waals surface area contributed by atoms with Gasteiger partial charge in [0.2, 0.25) is 0 Å². The Morgan fingerprint density at radius 2 is 1.79 bits per heavy atom. The number of carbonyl (C=O) groups excluding carboxylic acids is 2. The molecule has 1 aromatic carbocycles. The smallest absolute Gasteiger partial charge is 0.289 e. The normalized spacial score (nSPS) is 21.4. The highest BCUT2D eigenvalue weighted by Gasteiger charge is 2.32. The van der Waals surface area contributed by atoms with E-state index < -0.39 is 0 Å². The predicted octanol–water partition coefficient (Wildman–Crippen LogP) is 1.90. The summed E-state index contributed by atoms with van der Waals surface area (Å²) >= 11 is 0. The van der Waals surface area contributed by atoms with Gasteiger partial charge in [-0.25, -0.2) is 0 Å². The summed E-state index contributed by atoms with van der Waals surface area (Å²) in [6, 6.07) is 9.36. The molecule has 2 saturated heterocycles. The van der Waals surface area contributed by atoms with E-state index in [1.165, 1.54) is 0 Å². The molecule has 6 heteroatoms. The molecule has 2 fully saturated rings. The molecule has 6 nitrogen and oxygen atoms in total. The fourth-order valence-corrected chi connectivity index (χ4v) is 3.35. The zero-order chi connectivity index (χ0) is 16.5. The molecule has 2 aliphatic rings. The molecule has 2 aromatic rings. The first-order valence-corrected chi connectivity index (χ1v) is 8.40. The van der Waals surface area contributed by atoms with Crippen LogP contribution in [0, 0.1) is 0 Å². The molecule has 0 unspecified atom stereocenters. The van der Waals surface area contributed by atoms with Crippen molar-refractivity contribution in [2.24, 2.45) is 0 Å². The van der Waals surface area contributed by atoms with Crippen LogP contribution in [0.25, 0.3) is 11.0 Å². The van der Waals surface area contributed by atoms with Gasteiger partial charge in [-0.1, -0.05) is 18.2 Å². The number of hydrogen-bond acceptors (Lipinski definition) is 4. The first-order valence-electron chi connectivity index (χ1n) is 8.40. The van der Waals surface area contributed by atoms with E-state index >= 15 is 0 Å². The van der Waals surface area contributed by atoms with Gasteiger partial charge >= 0.3 is 0 Å². The van der Waals surface area contributed by atoms with Crippen LogP contribution in [0.5, 0.6) is 0 Å². The molecule has 126 valence electrons. The lowest BCUT2D eigenvalue weighted by atomic mass is 10.2. The topological polar surface area (TPSA) is 63.0 Å². The van der Waals surface area contributed by atoms with Crippen LogP contribution in [0.4, 0.5) is 0 Å². The van der Waals surface area contributed by atoms with E-state index in [0.717, 1.165) is 18.2 Å². The second kappa shape index (κ2) is 6.28. The summed E-state index contributed by atoms with van der Waals surface area (Å²) in [6.07, 6.45) is 1.46. The maximum atomic E-state index is 12.6. The Morgan fingerprint density at radius 3 is 2.50 bits per heavy atom. The minimum absolute atomic E-state index is 0.0586. The van der Waals surface area contributed by atoms with Crippen molar-refractivity contribution >= 4 is 22.8 Å². The maximum Gasteiger partial charge on any atom is 0.289 e. The molecule has 3 heterocycles. The molecule has 4 rings (SSSR count). The number of piperazine rings is 1. The average Bonchev–Trinajstić information content (AvgIpc) is 3.30. The molecule has 0 saturated carbocycles. The van der Waals surface area contributed by atoms with Crippen molar-refractivity contribution in [1.29, 1.82) is 0 Å². The van der Waals surface area contributed by atoms with Crippen molar-refractivity contribution in [3.63, 3.8) is 0 Å². The second-order valence-corrected chi connectivity index (χ2v) is 6.27. The van der Waals surface area contributed by atoms with Gasteiger partial charge in [0.15, 0.2) is 5.76 Å². The van der Waals surface area contributed by atoms with Gasteiger partial charge in [-0.05, 0) is 25.0 Å². The number of hydrogen-bond donors (Lipinski definition) is 0. The van der Waals surface area contributed by atoms with Crippen molar-refractivity contribution < 1.29 is 18.7 Å². The Balaban J connectivity index is 1.39. The summed E-state index contributed by atoms with van der Waals surface area (Å²) in [6.45, 7) is 2.80. The van der Waals surface area contributed by atoms with Crippen LogP contribution in [-0.4, -0.2) is 60.5 Å². The summed E-state index contributed by atoms with van der Waals surface area (Å²) in [7, 11) is 0. The largest absolute Gasteiger partial charge is 0.451 e. The molecule has 1 aromatic heterocycles. The molecule has 0 aliphatic carbocycles. The molecule has 0 radical (unpaired) electrons. The molecule has 0 N–H and O–H groups in total. The third-order valence-corrected chi connectivity index (χ3v) is 4.72. The van der Waals surface area contributed by atoms with Crippen molar-refractivity contribution in [2.45, 2.75) is 18.9 Å². The fourth-order valence-electron chi connectivity index (χ4n) is 3.35. The van der Waals surface area contributed by atoms with Gasteiger partial charge in [0.05, 0.1) is 0 Å². The number of fused-ring (bicyclic) bond motifs is 1. The van der Waals surface area contributed by atoms with E-state index in [2.05, 4.69) is 0 Å². The minimum Gasteiger partial charge on any atom is -0.451 e. The SMILES string of the molecule is O=C(c1cc2ccccc2o1)N1CCN(C(=O)[C@H]2CCCO2)CC1. The lowest BCUT2D eigenvalue weighted by molar-refractivity contribution is -0.142. The quantitative estimate of drug-likeness (QED) is 0.845. The maximum absolute atomic E-state index is 12.6. The van der Waals surface area contributed by atoms with Gasteiger partial charge in [-0.15, -0.1) is 0 Å². The number of carbonyl (C=O) groups is 2. The van der Waals surface area contributed by atoms with Crippen LogP contribution in [0.3, 0.4) is 0 Å². The zero-order valence-electron chi connectivity index (χ0n) is 13.4. The third-order valence-electron chi connectivity index (χ3n) is 4.72. The van der Waals surface area contributed by atoms with Crippen molar-refractivity contribution in [3.8, 4) is 0 Å². The van der Waals surface area contributed by atoms with Crippen molar-refractivity contribution in [2.75, 3.05) is 32.8 Å². The highest BCUT2D eigenvalue weighted by molar-refractivity contribution is 5.96. The van der Waals surface area contributed by atoms with Crippen molar-refractivity contribution in [3.05, 3.63) is 36.1 Å². The second-order valence-electron chi connectivity index (χ2n) is 6.27. The number of furan rings is 1. The molecule has 0 bridgehead atoms. The van der Waals surface area contributed by atoms with E-state index in [0.29, 0.717) is 44.1 Å². The number of nitrogens with zero attached hydrogens (tertiary/aromatic N) is 2. The Bertz CT molecular complexity index is 722. The standard InChI is InChI=1S/C18H20N2O4/c21-17(15-6-3-11-23-15)19-7-9-20(10-8-19)18(22)16-12-13-4-1-2-5-14(13)24-16/h1-2,4-5,12,15H,3,6-11H2/t15-/m1/s1. The molecule has 0 spiro atoms. The van der Waals surface area contributed by atoms with Gasteiger partial charge in [-0.2, -0.15) is 0 Å². The summed E-state index contributed by atoms with van der Waals surface area (Å²) in [4.78, 5) is 28.5. The highest BCUT2D eigenvalue weighted by Crippen LogP contribution is 2.21. The molecule has 24 heavy (non-hydrogen) atoms. The average molecular weight is 328 g/mol. The zero-order valence-corrected chi connectivity index (χ0v) is 13.4. The van der Waals surface area contributed by atoms with E-state index in [1.54, 1.807) is 15.9 Å². The predicted molar refractivity (Wildman–Crippen MR) is 87.7 cm³/mol. The van der Waals surface area contributed by atoms with E-state index in [1.807, 2.05) is 24.3 Å². The van der Waals surface area contributed by atoms with Crippen LogP contribution in [0.1, 0.15) is 23.4 Å². The monoisotopic (exact) mass is 328 g/mol. The van der Waals surface area contributed by atoms with Crippen LogP contribution in [0.2, 0.25) is 0 Å². The number of ether oxygens (including phenoxy) is 1. The lowest BCUT2D eigenvalue weighted by Crippen LogP contribution is -2.52. The highest BCUT2D eigenvalue weighted by atomic mass is 16.5. The van der Waals surface area contributed by atoms with Gasteiger partial charge in [0, 0.05) is 38.2 Å². The first kappa shape index (κ1) is 15.2. The van der Waals surface area contributed by atoms with Gasteiger partial charge in [-0.3, -0.25) is 9.59 Å². The van der Waals surface area contributed by atoms with Crippen LogP contribution in [-0.2, 0) is 9.53 Å². The molecule has 1 atom stereocenters. The lowest BCUT2D eigenvalue weighted by Gasteiger charge is -2.35. The Labute approximate surface area is 140 Å². The van der Waals surface area contributed by atoms with Gasteiger partial charge < -0.3 is 19.0 Å². The number of para-hydroxylation sites is 1. The van der Waals surface area contributed by atoms with Gasteiger partial charge in [0.1, 0.15) is 11.7 Å². The Hall–Kier alpha value is -2.34. The fraction of sp³-hybridized carbons (Fsp3) is 0.444. The Morgan fingerprint density at radius 1 is 1.04 bits per heavy atom. The van der Waals surface area contributed by atoms with Gasteiger partial charge in [0.25, 0.3) is 11.8 Å².